The number of thiophene rings is 1. The zero-order valence-corrected chi connectivity index (χ0v) is 19.8. The first kappa shape index (κ1) is 21.9. The summed E-state index contributed by atoms with van der Waals surface area (Å²) in [4.78, 5) is 4.66. The van der Waals surface area contributed by atoms with Gasteiger partial charge in [0.2, 0.25) is 0 Å². The topological polar surface area (TPSA) is 53.5 Å². The number of aromatic nitrogens is 2. The Morgan fingerprint density at radius 2 is 1.82 bits per heavy atom. The molecule has 1 aliphatic carbocycles. The van der Waals surface area contributed by atoms with Gasteiger partial charge in [-0.1, -0.05) is 0 Å². The molecular weight excluding hydrogens is 444 g/mol. The van der Waals surface area contributed by atoms with Gasteiger partial charge in [0.15, 0.2) is 11.6 Å². The number of anilines is 2. The lowest BCUT2D eigenvalue weighted by Crippen LogP contribution is -2.39. The fourth-order valence-electron chi connectivity index (χ4n) is 6.38. The van der Waals surface area contributed by atoms with Crippen molar-refractivity contribution >= 4 is 33.1 Å². The second-order valence-electron chi connectivity index (χ2n) is 10.5. The van der Waals surface area contributed by atoms with Crippen LogP contribution >= 0.6 is 11.3 Å². The van der Waals surface area contributed by atoms with Crippen molar-refractivity contribution < 1.29 is 13.5 Å². The van der Waals surface area contributed by atoms with Crippen molar-refractivity contribution in [1.29, 1.82) is 0 Å². The Labute approximate surface area is 197 Å². The second-order valence-corrected chi connectivity index (χ2v) is 11.4. The Hall–Kier alpha value is -1.58. The molecule has 1 N–H and O–H groups in total. The summed E-state index contributed by atoms with van der Waals surface area (Å²) in [6.07, 6.45) is 4.56. The molecule has 0 spiro atoms. The summed E-state index contributed by atoms with van der Waals surface area (Å²) in [7, 11) is 0. The molecule has 5 heterocycles. The van der Waals surface area contributed by atoms with Crippen LogP contribution in [-0.2, 0) is 4.74 Å². The first-order chi connectivity index (χ1) is 16.0. The van der Waals surface area contributed by atoms with Crippen LogP contribution in [-0.4, -0.2) is 73.0 Å². The van der Waals surface area contributed by atoms with E-state index in [0.29, 0.717) is 19.1 Å². The summed E-state index contributed by atoms with van der Waals surface area (Å²) in [5.41, 5.74) is 0. The van der Waals surface area contributed by atoms with Gasteiger partial charge in [-0.25, -0.2) is 8.78 Å². The molecule has 1 saturated carbocycles. The predicted molar refractivity (Wildman–Crippen MR) is 127 cm³/mol. The van der Waals surface area contributed by atoms with E-state index in [9.17, 15) is 8.78 Å². The molecule has 0 radical (unpaired) electrons. The van der Waals surface area contributed by atoms with E-state index in [1.165, 1.54) is 45.3 Å². The van der Waals surface area contributed by atoms with Crippen molar-refractivity contribution in [2.75, 3.05) is 56.2 Å². The molecule has 6 nitrogen and oxygen atoms in total. The van der Waals surface area contributed by atoms with Gasteiger partial charge in [0.25, 0.3) is 5.92 Å². The minimum Gasteiger partial charge on any atom is -0.381 e. The maximum absolute atomic E-state index is 13.6. The monoisotopic (exact) mass is 477 g/mol. The number of halogens is 2. The van der Waals surface area contributed by atoms with Crippen molar-refractivity contribution in [3.05, 3.63) is 11.4 Å². The molecule has 0 amide bonds. The van der Waals surface area contributed by atoms with E-state index in [4.69, 9.17) is 4.74 Å². The highest BCUT2D eigenvalue weighted by Crippen LogP contribution is 2.41. The van der Waals surface area contributed by atoms with Crippen LogP contribution in [0.15, 0.2) is 11.4 Å². The van der Waals surface area contributed by atoms with E-state index in [0.717, 1.165) is 52.7 Å². The van der Waals surface area contributed by atoms with Crippen LogP contribution in [0.25, 0.3) is 10.1 Å². The number of nitrogens with one attached hydrogen (secondary N) is 1. The summed E-state index contributed by atoms with van der Waals surface area (Å²) in [6.45, 7) is 6.20. The summed E-state index contributed by atoms with van der Waals surface area (Å²) in [5, 5.41) is 15.9. The van der Waals surface area contributed by atoms with Crippen molar-refractivity contribution in [2.24, 2.45) is 17.8 Å². The van der Waals surface area contributed by atoms with E-state index < -0.39 is 5.92 Å². The lowest BCUT2D eigenvalue weighted by atomic mass is 10.00. The van der Waals surface area contributed by atoms with Crippen LogP contribution in [0.5, 0.6) is 0 Å². The fraction of sp³-hybridized carbons (Fsp3) is 0.750. The molecule has 0 aromatic carbocycles. The normalized spacial score (nSPS) is 30.7. The maximum Gasteiger partial charge on any atom is 0.251 e. The largest absolute Gasteiger partial charge is 0.381 e. The van der Waals surface area contributed by atoms with Gasteiger partial charge in [0, 0.05) is 70.2 Å². The minimum absolute atomic E-state index is 0.113. The van der Waals surface area contributed by atoms with Crippen molar-refractivity contribution in [2.45, 2.75) is 50.5 Å². The molecule has 9 heteroatoms. The van der Waals surface area contributed by atoms with Gasteiger partial charge in [-0.15, -0.1) is 21.5 Å². The van der Waals surface area contributed by atoms with Crippen molar-refractivity contribution in [3.8, 4) is 0 Å². The SMILES string of the molecule is FC1(F)CCN(c2nnc(N[C@@H]3CC4CN(CC5CCOCC5)C[C@H]4C3)c3ccsc23)CC1. The first-order valence-electron chi connectivity index (χ1n) is 12.5. The lowest BCUT2D eigenvalue weighted by Gasteiger charge is -2.32. The average molecular weight is 478 g/mol. The molecule has 3 aliphatic heterocycles. The van der Waals surface area contributed by atoms with E-state index in [-0.39, 0.29) is 12.8 Å². The average Bonchev–Trinajstić information content (AvgIpc) is 3.50. The second kappa shape index (κ2) is 8.89. The molecule has 2 aromatic heterocycles. The van der Waals surface area contributed by atoms with Crippen LogP contribution in [0.1, 0.15) is 38.5 Å². The van der Waals surface area contributed by atoms with E-state index >= 15 is 0 Å². The zero-order chi connectivity index (χ0) is 22.4. The number of piperidine rings is 1. The molecule has 33 heavy (non-hydrogen) atoms. The molecule has 6 rings (SSSR count). The molecule has 3 saturated heterocycles. The molecule has 4 fully saturated rings. The summed E-state index contributed by atoms with van der Waals surface area (Å²) in [6, 6.07) is 2.52. The Kier molecular flexibility index (Phi) is 5.91. The van der Waals surface area contributed by atoms with Crippen LogP contribution in [0.2, 0.25) is 0 Å². The highest BCUT2D eigenvalue weighted by molar-refractivity contribution is 7.17. The number of ether oxygens (including phenoxy) is 1. The summed E-state index contributed by atoms with van der Waals surface area (Å²) < 4.78 is 33.8. The number of hydrogen-bond acceptors (Lipinski definition) is 7. The van der Waals surface area contributed by atoms with E-state index in [2.05, 4.69) is 31.9 Å². The highest BCUT2D eigenvalue weighted by Gasteiger charge is 2.41. The van der Waals surface area contributed by atoms with Gasteiger partial charge in [-0.3, -0.25) is 0 Å². The van der Waals surface area contributed by atoms with Gasteiger partial charge < -0.3 is 19.9 Å². The first-order valence-corrected chi connectivity index (χ1v) is 13.4. The van der Waals surface area contributed by atoms with Gasteiger partial charge >= 0.3 is 0 Å². The van der Waals surface area contributed by atoms with Gasteiger partial charge in [-0.05, 0) is 54.9 Å². The number of nitrogens with zero attached hydrogens (tertiary/aromatic N) is 4. The van der Waals surface area contributed by atoms with Crippen LogP contribution < -0.4 is 10.2 Å². The Bertz CT molecular complexity index is 957. The lowest BCUT2D eigenvalue weighted by molar-refractivity contribution is -0.0221. The fourth-order valence-corrected chi connectivity index (χ4v) is 7.28. The molecule has 0 bridgehead atoms. The smallest absolute Gasteiger partial charge is 0.251 e. The standard InChI is InChI=1S/C24H33F2N5OS/c25-24(26)4-6-31(7-5-24)23-21-20(3-10-33-21)22(28-29-23)27-19-11-17-14-30(15-18(17)12-19)13-16-1-8-32-9-2-16/h3,10,16-19H,1-2,4-9,11-15H2,(H,27,28)/t17-,18?,19+/m1/s1. The third kappa shape index (κ3) is 4.56. The van der Waals surface area contributed by atoms with Crippen LogP contribution in [0.3, 0.4) is 0 Å². The number of hydrogen-bond donors (Lipinski definition) is 1. The van der Waals surface area contributed by atoms with Crippen molar-refractivity contribution in [3.63, 3.8) is 0 Å². The number of likely N-dealkylation sites (tertiary alicyclic amines) is 1. The number of alkyl halides is 2. The molecule has 1 unspecified atom stereocenters. The molecule has 180 valence electrons. The number of rotatable bonds is 5. The third-order valence-corrected chi connectivity index (χ3v) is 9.10. The Morgan fingerprint density at radius 1 is 1.09 bits per heavy atom. The van der Waals surface area contributed by atoms with Crippen molar-refractivity contribution in [1.82, 2.24) is 15.1 Å². The maximum atomic E-state index is 13.6. The molecule has 3 atom stereocenters. The van der Waals surface area contributed by atoms with Crippen LogP contribution in [0.4, 0.5) is 20.4 Å². The summed E-state index contributed by atoms with van der Waals surface area (Å²) >= 11 is 1.63. The minimum atomic E-state index is -2.55. The highest BCUT2D eigenvalue weighted by atomic mass is 32.1. The summed E-state index contributed by atoms with van der Waals surface area (Å²) in [5.74, 6) is 1.39. The Balaban J connectivity index is 1.08. The predicted octanol–water partition coefficient (Wildman–Crippen LogP) is 4.48. The molecular formula is C24H33F2N5OS. The van der Waals surface area contributed by atoms with Gasteiger partial charge in [0.05, 0.1) is 4.70 Å². The quantitative estimate of drug-likeness (QED) is 0.686. The van der Waals surface area contributed by atoms with Gasteiger partial charge in [0.1, 0.15) is 0 Å². The molecule has 2 aromatic rings. The third-order valence-electron chi connectivity index (χ3n) is 8.19. The Morgan fingerprint density at radius 3 is 2.55 bits per heavy atom. The van der Waals surface area contributed by atoms with Gasteiger partial charge in [-0.2, -0.15) is 0 Å². The zero-order valence-electron chi connectivity index (χ0n) is 19.0. The van der Waals surface area contributed by atoms with E-state index in [1.54, 1.807) is 11.3 Å². The van der Waals surface area contributed by atoms with E-state index in [1.807, 2.05) is 4.90 Å². The van der Waals surface area contributed by atoms with Crippen LogP contribution in [0, 0.1) is 17.8 Å². The number of fused-ring (bicyclic) bond motifs is 2. The molecule has 4 aliphatic rings.